The van der Waals surface area contributed by atoms with E-state index in [-0.39, 0.29) is 12.5 Å². The van der Waals surface area contributed by atoms with Crippen LogP contribution in [-0.4, -0.2) is 17.6 Å². The molecular formula is C18H13ClN2O2S. The summed E-state index contributed by atoms with van der Waals surface area (Å²) in [7, 11) is 1.52. The van der Waals surface area contributed by atoms with E-state index in [9.17, 15) is 4.79 Å². The summed E-state index contributed by atoms with van der Waals surface area (Å²) in [6, 6.07) is 12.5. The third-order valence-electron chi connectivity index (χ3n) is 3.44. The molecule has 0 bridgehead atoms. The predicted molar refractivity (Wildman–Crippen MR) is 96.5 cm³/mol. The highest BCUT2D eigenvalue weighted by molar-refractivity contribution is 7.16. The van der Waals surface area contributed by atoms with Crippen LogP contribution in [0.3, 0.4) is 0 Å². The van der Waals surface area contributed by atoms with Crippen molar-refractivity contribution in [3.63, 3.8) is 0 Å². The molecule has 0 N–H and O–H groups in total. The molecule has 0 atom stereocenters. The molecule has 0 saturated carbocycles. The second-order valence-electron chi connectivity index (χ2n) is 4.88. The SMILES string of the molecule is C#CCn1c(=NC(=O)c2ccccc2OC)sc2cccc(Cl)c21. The van der Waals surface area contributed by atoms with Gasteiger partial charge in [0.25, 0.3) is 5.91 Å². The Morgan fingerprint density at radius 3 is 2.88 bits per heavy atom. The Labute approximate surface area is 148 Å². The molecule has 0 fully saturated rings. The molecular weight excluding hydrogens is 344 g/mol. The van der Waals surface area contributed by atoms with E-state index in [0.29, 0.717) is 21.1 Å². The van der Waals surface area contributed by atoms with Crippen molar-refractivity contribution >= 4 is 39.1 Å². The molecule has 0 unspecified atom stereocenters. The van der Waals surface area contributed by atoms with Gasteiger partial charge < -0.3 is 9.30 Å². The number of terminal acetylenes is 1. The minimum absolute atomic E-state index is 0.280. The van der Waals surface area contributed by atoms with Gasteiger partial charge in [0.05, 0.1) is 34.5 Å². The molecule has 6 heteroatoms. The highest BCUT2D eigenvalue weighted by atomic mass is 35.5. The summed E-state index contributed by atoms with van der Waals surface area (Å²) < 4.78 is 7.92. The summed E-state index contributed by atoms with van der Waals surface area (Å²) >= 11 is 7.65. The fraction of sp³-hybridized carbons (Fsp3) is 0.111. The first-order chi connectivity index (χ1) is 11.7. The highest BCUT2D eigenvalue weighted by Crippen LogP contribution is 2.25. The van der Waals surface area contributed by atoms with E-state index in [1.807, 2.05) is 12.1 Å². The van der Waals surface area contributed by atoms with E-state index in [1.165, 1.54) is 18.4 Å². The smallest absolute Gasteiger partial charge is 0.283 e. The van der Waals surface area contributed by atoms with Crippen LogP contribution >= 0.6 is 22.9 Å². The maximum absolute atomic E-state index is 12.6. The van der Waals surface area contributed by atoms with Crippen LogP contribution in [0.15, 0.2) is 47.5 Å². The van der Waals surface area contributed by atoms with Gasteiger partial charge in [0.2, 0.25) is 0 Å². The van der Waals surface area contributed by atoms with Gasteiger partial charge in [-0.25, -0.2) is 0 Å². The molecule has 3 aromatic rings. The number of hydrogen-bond donors (Lipinski definition) is 0. The molecule has 4 nitrogen and oxygen atoms in total. The van der Waals surface area contributed by atoms with Crippen molar-refractivity contribution in [3.8, 4) is 18.1 Å². The lowest BCUT2D eigenvalue weighted by atomic mass is 10.2. The van der Waals surface area contributed by atoms with Crippen molar-refractivity contribution < 1.29 is 9.53 Å². The second kappa shape index (κ2) is 6.91. The average molecular weight is 357 g/mol. The number of hydrogen-bond acceptors (Lipinski definition) is 3. The summed E-state index contributed by atoms with van der Waals surface area (Å²) in [5.74, 6) is 2.67. The zero-order chi connectivity index (χ0) is 17.1. The van der Waals surface area contributed by atoms with Crippen LogP contribution in [0.4, 0.5) is 0 Å². The number of thiazole rings is 1. The van der Waals surface area contributed by atoms with Crippen molar-refractivity contribution in [1.82, 2.24) is 4.57 Å². The molecule has 2 aromatic carbocycles. The maximum Gasteiger partial charge on any atom is 0.283 e. The topological polar surface area (TPSA) is 43.6 Å². The molecule has 1 aromatic heterocycles. The van der Waals surface area contributed by atoms with E-state index in [0.717, 1.165) is 10.2 Å². The molecule has 0 saturated heterocycles. The molecule has 0 aliphatic rings. The number of carbonyl (C=O) groups excluding carboxylic acids is 1. The Morgan fingerprint density at radius 1 is 1.33 bits per heavy atom. The Bertz CT molecular complexity index is 1030. The highest BCUT2D eigenvalue weighted by Gasteiger charge is 2.13. The Hall–Kier alpha value is -2.55. The van der Waals surface area contributed by atoms with E-state index in [4.69, 9.17) is 22.8 Å². The van der Waals surface area contributed by atoms with Gasteiger partial charge >= 0.3 is 0 Å². The van der Waals surface area contributed by atoms with Crippen LogP contribution in [0.2, 0.25) is 5.02 Å². The number of nitrogens with zero attached hydrogens (tertiary/aromatic N) is 2. The normalized spacial score (nSPS) is 11.5. The van der Waals surface area contributed by atoms with Crippen LogP contribution < -0.4 is 9.54 Å². The lowest BCUT2D eigenvalue weighted by molar-refractivity contribution is 0.0995. The average Bonchev–Trinajstić information content (AvgIpc) is 2.94. The van der Waals surface area contributed by atoms with E-state index < -0.39 is 0 Å². The maximum atomic E-state index is 12.6. The monoisotopic (exact) mass is 356 g/mol. The molecule has 1 amide bonds. The molecule has 3 rings (SSSR count). The number of methoxy groups -OCH3 is 1. The van der Waals surface area contributed by atoms with E-state index in [1.54, 1.807) is 34.9 Å². The first-order valence-corrected chi connectivity index (χ1v) is 8.28. The van der Waals surface area contributed by atoms with E-state index in [2.05, 4.69) is 10.9 Å². The largest absolute Gasteiger partial charge is 0.496 e. The van der Waals surface area contributed by atoms with Crippen LogP contribution in [-0.2, 0) is 6.54 Å². The number of amides is 1. The van der Waals surface area contributed by atoms with Gasteiger partial charge in [0.1, 0.15) is 5.75 Å². The number of para-hydroxylation sites is 2. The fourth-order valence-corrected chi connectivity index (χ4v) is 3.77. The summed E-state index contributed by atoms with van der Waals surface area (Å²) in [5, 5.41) is 0.574. The third-order valence-corrected chi connectivity index (χ3v) is 4.78. The Morgan fingerprint density at radius 2 is 2.12 bits per heavy atom. The number of fused-ring (bicyclic) bond motifs is 1. The first-order valence-electron chi connectivity index (χ1n) is 7.09. The lowest BCUT2D eigenvalue weighted by Crippen LogP contribution is -2.16. The van der Waals surface area contributed by atoms with Gasteiger partial charge in [-0.05, 0) is 24.3 Å². The molecule has 0 aliphatic heterocycles. The molecule has 120 valence electrons. The van der Waals surface area contributed by atoms with Gasteiger partial charge in [-0.15, -0.1) is 6.42 Å². The van der Waals surface area contributed by atoms with Crippen LogP contribution in [0.5, 0.6) is 5.75 Å². The minimum atomic E-state index is -0.388. The van der Waals surface area contributed by atoms with Crippen molar-refractivity contribution in [3.05, 3.63) is 57.9 Å². The number of carbonyl (C=O) groups is 1. The molecule has 24 heavy (non-hydrogen) atoms. The standard InChI is InChI=1S/C18H13ClN2O2S/c1-3-11-21-16-13(19)8-6-10-15(16)24-18(21)20-17(22)12-7-4-5-9-14(12)23-2/h1,4-10H,11H2,2H3. The van der Waals surface area contributed by atoms with Gasteiger partial charge in [-0.1, -0.05) is 47.1 Å². The lowest BCUT2D eigenvalue weighted by Gasteiger charge is -2.04. The van der Waals surface area contributed by atoms with Gasteiger partial charge in [-0.2, -0.15) is 4.99 Å². The summed E-state index contributed by atoms with van der Waals surface area (Å²) in [4.78, 5) is 17.3. The first kappa shape index (κ1) is 16.3. The third kappa shape index (κ3) is 2.94. The van der Waals surface area contributed by atoms with Gasteiger partial charge in [0, 0.05) is 0 Å². The number of benzene rings is 2. The number of halogens is 1. The number of rotatable bonds is 3. The summed E-state index contributed by atoms with van der Waals surface area (Å²) in [6.45, 7) is 0.280. The van der Waals surface area contributed by atoms with Crippen LogP contribution in [0.1, 0.15) is 10.4 Å². The zero-order valence-corrected chi connectivity index (χ0v) is 14.4. The zero-order valence-electron chi connectivity index (χ0n) is 12.8. The molecule has 0 spiro atoms. The molecule has 0 aliphatic carbocycles. The second-order valence-corrected chi connectivity index (χ2v) is 6.30. The van der Waals surface area contributed by atoms with Crippen LogP contribution in [0.25, 0.3) is 10.2 Å². The Kier molecular flexibility index (Phi) is 4.70. The molecule has 1 heterocycles. The summed E-state index contributed by atoms with van der Waals surface area (Å²) in [5.41, 5.74) is 1.18. The van der Waals surface area contributed by atoms with Crippen LogP contribution in [0, 0.1) is 12.3 Å². The minimum Gasteiger partial charge on any atom is -0.496 e. The predicted octanol–water partition coefficient (Wildman–Crippen LogP) is 3.74. The number of ether oxygens (including phenoxy) is 1. The van der Waals surface area contributed by atoms with Gasteiger partial charge in [-0.3, -0.25) is 4.79 Å². The number of aromatic nitrogens is 1. The van der Waals surface area contributed by atoms with Crippen molar-refractivity contribution in [2.24, 2.45) is 4.99 Å². The fourth-order valence-electron chi connectivity index (χ4n) is 2.38. The van der Waals surface area contributed by atoms with E-state index >= 15 is 0 Å². The molecule has 0 radical (unpaired) electrons. The van der Waals surface area contributed by atoms with Crippen molar-refractivity contribution in [2.45, 2.75) is 6.54 Å². The Balaban J connectivity index is 2.20. The summed E-state index contributed by atoms with van der Waals surface area (Å²) in [6.07, 6.45) is 5.46. The van der Waals surface area contributed by atoms with Crippen molar-refractivity contribution in [2.75, 3.05) is 7.11 Å². The quantitative estimate of drug-likeness (QED) is 0.671. The van der Waals surface area contributed by atoms with Crippen molar-refractivity contribution in [1.29, 1.82) is 0 Å². The van der Waals surface area contributed by atoms with Gasteiger partial charge in [0.15, 0.2) is 4.80 Å².